The molecule has 10 heavy (non-hydrogen) atoms. The van der Waals surface area contributed by atoms with Crippen molar-refractivity contribution in [2.24, 2.45) is 5.92 Å². The highest BCUT2D eigenvalue weighted by molar-refractivity contribution is 5.76. The maximum Gasteiger partial charge on any atom is 0.221 e. The van der Waals surface area contributed by atoms with E-state index in [1.807, 2.05) is 0 Å². The summed E-state index contributed by atoms with van der Waals surface area (Å²) < 4.78 is 5.30. The third-order valence-corrected chi connectivity index (χ3v) is 2.26. The number of carbonyl (C=O) groups is 1. The van der Waals surface area contributed by atoms with E-state index in [9.17, 15) is 4.79 Å². The molecule has 2 aliphatic heterocycles. The molecule has 3 heteroatoms. The number of amides is 1. The quantitative estimate of drug-likeness (QED) is 0.525. The van der Waals surface area contributed by atoms with Crippen molar-refractivity contribution in [3.63, 3.8) is 0 Å². The first kappa shape index (κ1) is 6.16. The molecule has 2 heterocycles. The molecule has 2 unspecified atom stereocenters. The Balaban J connectivity index is 2.03. The number of hydrogen-bond donors (Lipinski definition) is 1. The summed E-state index contributed by atoms with van der Waals surface area (Å²) in [4.78, 5) is 10.8. The van der Waals surface area contributed by atoms with Crippen LogP contribution in [0.15, 0.2) is 0 Å². The number of hydrogen-bond acceptors (Lipinski definition) is 2. The van der Waals surface area contributed by atoms with Crippen LogP contribution < -0.4 is 5.32 Å². The van der Waals surface area contributed by atoms with E-state index in [2.05, 4.69) is 5.32 Å². The van der Waals surface area contributed by atoms with Crippen molar-refractivity contribution >= 4 is 5.91 Å². The molecular formula is C7H11NO2. The van der Waals surface area contributed by atoms with E-state index in [-0.39, 0.29) is 12.1 Å². The second kappa shape index (κ2) is 2.23. The monoisotopic (exact) mass is 141 g/mol. The van der Waals surface area contributed by atoms with Gasteiger partial charge >= 0.3 is 0 Å². The number of nitrogens with one attached hydrogen (secondary N) is 1. The third kappa shape index (κ3) is 0.904. The molecule has 0 aromatic heterocycles. The molecule has 56 valence electrons. The zero-order valence-corrected chi connectivity index (χ0v) is 5.80. The molecule has 0 spiro atoms. The molecule has 1 N–H and O–H groups in total. The van der Waals surface area contributed by atoms with E-state index in [1.165, 1.54) is 0 Å². The molecule has 3 nitrogen and oxygen atoms in total. The summed E-state index contributed by atoms with van der Waals surface area (Å²) in [6.07, 6.45) is 2.85. The second-order valence-corrected chi connectivity index (χ2v) is 2.95. The van der Waals surface area contributed by atoms with Crippen LogP contribution in [0.1, 0.15) is 19.3 Å². The first-order chi connectivity index (χ1) is 4.86. The molecule has 2 saturated heterocycles. The van der Waals surface area contributed by atoms with E-state index in [4.69, 9.17) is 4.74 Å². The Morgan fingerprint density at radius 3 is 3.30 bits per heavy atom. The fourth-order valence-electron chi connectivity index (χ4n) is 1.64. The molecule has 0 bridgehead atoms. The van der Waals surface area contributed by atoms with Crippen LogP contribution in [0.25, 0.3) is 0 Å². The Morgan fingerprint density at radius 2 is 2.40 bits per heavy atom. The highest BCUT2D eigenvalue weighted by Crippen LogP contribution is 2.26. The van der Waals surface area contributed by atoms with Crippen molar-refractivity contribution in [3.05, 3.63) is 0 Å². The summed E-state index contributed by atoms with van der Waals surface area (Å²) in [5.41, 5.74) is 0. The van der Waals surface area contributed by atoms with Gasteiger partial charge < -0.3 is 10.1 Å². The minimum absolute atomic E-state index is 0.0428. The van der Waals surface area contributed by atoms with Gasteiger partial charge in [-0.2, -0.15) is 0 Å². The predicted octanol–water partition coefficient (Wildman–Crippen LogP) is 0.259. The molecular weight excluding hydrogens is 130 g/mol. The Hall–Kier alpha value is -0.570. The molecule has 2 rings (SSSR count). The van der Waals surface area contributed by atoms with E-state index < -0.39 is 0 Å². The lowest BCUT2D eigenvalue weighted by molar-refractivity contribution is -0.128. The molecule has 1 amide bonds. The summed E-state index contributed by atoms with van der Waals surface area (Å²) >= 11 is 0. The van der Waals surface area contributed by atoms with E-state index >= 15 is 0 Å². The van der Waals surface area contributed by atoms with E-state index in [0.29, 0.717) is 12.3 Å². The van der Waals surface area contributed by atoms with Crippen LogP contribution in [-0.4, -0.2) is 18.7 Å². The van der Waals surface area contributed by atoms with Gasteiger partial charge in [-0.05, 0) is 12.8 Å². The lowest BCUT2D eigenvalue weighted by Crippen LogP contribution is -2.42. The maximum absolute atomic E-state index is 10.8. The van der Waals surface area contributed by atoms with Gasteiger partial charge in [-0.15, -0.1) is 0 Å². The van der Waals surface area contributed by atoms with Gasteiger partial charge in [0.05, 0.1) is 0 Å². The first-order valence-corrected chi connectivity index (χ1v) is 3.77. The standard InChI is InChI=1S/C7H11NO2/c9-6-2-1-5-3-4-10-7(5)8-6/h5,7H,1-4H2,(H,8,9). The average Bonchev–Trinajstić information content (AvgIpc) is 2.33. The largest absolute Gasteiger partial charge is 0.358 e. The summed E-state index contributed by atoms with van der Waals surface area (Å²) in [6.45, 7) is 0.815. The molecule has 2 fully saturated rings. The Kier molecular flexibility index (Phi) is 1.38. The SMILES string of the molecule is O=C1CCC2CCOC2N1. The van der Waals surface area contributed by atoms with Crippen LogP contribution >= 0.6 is 0 Å². The van der Waals surface area contributed by atoms with E-state index in [1.54, 1.807) is 0 Å². The highest BCUT2D eigenvalue weighted by Gasteiger charge is 2.33. The van der Waals surface area contributed by atoms with Gasteiger partial charge in [-0.25, -0.2) is 0 Å². The van der Waals surface area contributed by atoms with Crippen LogP contribution in [-0.2, 0) is 9.53 Å². The fraction of sp³-hybridized carbons (Fsp3) is 0.857. The Labute approximate surface area is 59.7 Å². The second-order valence-electron chi connectivity index (χ2n) is 2.95. The number of piperidine rings is 1. The third-order valence-electron chi connectivity index (χ3n) is 2.26. The number of rotatable bonds is 0. The summed E-state index contributed by atoms with van der Waals surface area (Å²) in [5, 5.41) is 2.82. The van der Waals surface area contributed by atoms with Gasteiger partial charge in [0.1, 0.15) is 6.23 Å². The molecule has 0 radical (unpaired) electrons. The van der Waals surface area contributed by atoms with Gasteiger partial charge in [0.25, 0.3) is 0 Å². The van der Waals surface area contributed by atoms with Crippen LogP contribution in [0.3, 0.4) is 0 Å². The molecule has 0 aliphatic carbocycles. The smallest absolute Gasteiger partial charge is 0.221 e. The average molecular weight is 141 g/mol. The van der Waals surface area contributed by atoms with Crippen molar-refractivity contribution in [2.75, 3.05) is 6.61 Å². The molecule has 0 aromatic carbocycles. The molecule has 0 saturated carbocycles. The van der Waals surface area contributed by atoms with Gasteiger partial charge in [-0.1, -0.05) is 0 Å². The molecule has 2 aliphatic rings. The Morgan fingerprint density at radius 1 is 1.50 bits per heavy atom. The highest BCUT2D eigenvalue weighted by atomic mass is 16.5. The van der Waals surface area contributed by atoms with E-state index in [0.717, 1.165) is 19.4 Å². The minimum Gasteiger partial charge on any atom is -0.358 e. The number of ether oxygens (including phenoxy) is 1. The normalized spacial score (nSPS) is 39.0. The van der Waals surface area contributed by atoms with Crippen molar-refractivity contribution < 1.29 is 9.53 Å². The van der Waals surface area contributed by atoms with Crippen LogP contribution in [0.5, 0.6) is 0 Å². The van der Waals surface area contributed by atoms with Gasteiger partial charge in [0.2, 0.25) is 5.91 Å². The van der Waals surface area contributed by atoms with Crippen molar-refractivity contribution in [1.29, 1.82) is 0 Å². The zero-order valence-electron chi connectivity index (χ0n) is 5.80. The van der Waals surface area contributed by atoms with Crippen LogP contribution in [0.2, 0.25) is 0 Å². The topological polar surface area (TPSA) is 38.3 Å². The van der Waals surface area contributed by atoms with Crippen molar-refractivity contribution in [1.82, 2.24) is 5.32 Å². The van der Waals surface area contributed by atoms with Gasteiger partial charge in [-0.3, -0.25) is 4.79 Å². The number of fused-ring (bicyclic) bond motifs is 1. The first-order valence-electron chi connectivity index (χ1n) is 3.77. The van der Waals surface area contributed by atoms with Gasteiger partial charge in [0, 0.05) is 18.9 Å². The van der Waals surface area contributed by atoms with Crippen molar-refractivity contribution in [2.45, 2.75) is 25.5 Å². The van der Waals surface area contributed by atoms with Crippen LogP contribution in [0.4, 0.5) is 0 Å². The zero-order chi connectivity index (χ0) is 6.97. The summed E-state index contributed by atoms with van der Waals surface area (Å²) in [7, 11) is 0. The minimum atomic E-state index is 0.0428. The Bertz CT molecular complexity index is 158. The summed E-state index contributed by atoms with van der Waals surface area (Å²) in [5.74, 6) is 0.737. The summed E-state index contributed by atoms with van der Waals surface area (Å²) in [6, 6.07) is 0. The molecule has 2 atom stereocenters. The van der Waals surface area contributed by atoms with Crippen molar-refractivity contribution in [3.8, 4) is 0 Å². The lowest BCUT2D eigenvalue weighted by Gasteiger charge is -2.24. The predicted molar refractivity (Wildman–Crippen MR) is 35.2 cm³/mol. The fourth-order valence-corrected chi connectivity index (χ4v) is 1.64. The van der Waals surface area contributed by atoms with Gasteiger partial charge in [0.15, 0.2) is 0 Å². The van der Waals surface area contributed by atoms with Crippen LogP contribution in [0, 0.1) is 5.92 Å². The molecule has 0 aromatic rings. The maximum atomic E-state index is 10.8. The lowest BCUT2D eigenvalue weighted by atomic mass is 9.96. The number of carbonyl (C=O) groups excluding carboxylic acids is 1.